The van der Waals surface area contributed by atoms with Gasteiger partial charge in [0.1, 0.15) is 0 Å². The number of carbonyl (C=O) groups excluding carboxylic acids is 1. The van der Waals surface area contributed by atoms with Gasteiger partial charge in [0.25, 0.3) is 0 Å². The summed E-state index contributed by atoms with van der Waals surface area (Å²) in [5.74, 6) is -1.91. The fourth-order valence-corrected chi connectivity index (χ4v) is 1.52. The molecule has 1 rings (SSSR count). The molecule has 72 valence electrons. The van der Waals surface area contributed by atoms with E-state index in [1.54, 1.807) is 6.08 Å². The lowest BCUT2D eigenvalue weighted by Crippen LogP contribution is -2.42. The van der Waals surface area contributed by atoms with Gasteiger partial charge in [-0.15, -0.1) is 0 Å². The molecule has 1 aliphatic carbocycles. The Labute approximate surface area is 76.4 Å². The minimum Gasteiger partial charge on any atom is -0.480 e. The summed E-state index contributed by atoms with van der Waals surface area (Å²) in [5.41, 5.74) is 3.64. The molecule has 0 radical (unpaired) electrons. The molecule has 1 aliphatic rings. The minimum atomic E-state index is -1.46. The van der Waals surface area contributed by atoms with E-state index in [0.717, 1.165) is 19.3 Å². The number of allylic oxidation sites excluding steroid dienone is 1. The number of carboxylic acids is 1. The van der Waals surface area contributed by atoms with Crippen LogP contribution in [0, 0.1) is 5.41 Å². The molecule has 0 aromatic rings. The highest BCUT2D eigenvalue weighted by atomic mass is 16.4. The first kappa shape index (κ1) is 9.77. The Morgan fingerprint density at radius 3 is 2.62 bits per heavy atom. The van der Waals surface area contributed by atoms with Crippen molar-refractivity contribution in [2.75, 3.05) is 0 Å². The van der Waals surface area contributed by atoms with Crippen LogP contribution in [0.3, 0.4) is 0 Å². The molecule has 0 saturated heterocycles. The summed E-state index contributed by atoms with van der Waals surface area (Å²) >= 11 is 0. The van der Waals surface area contributed by atoms with Crippen LogP contribution in [0.25, 0.3) is 0 Å². The van der Waals surface area contributed by atoms with Gasteiger partial charge in [-0.05, 0) is 19.3 Å². The second-order valence-electron chi connectivity index (χ2n) is 3.29. The van der Waals surface area contributed by atoms with Gasteiger partial charge in [0, 0.05) is 0 Å². The van der Waals surface area contributed by atoms with E-state index in [1.165, 1.54) is 6.08 Å². The normalized spacial score (nSPS) is 28.0. The molecule has 0 spiro atoms. The average molecular weight is 183 g/mol. The summed E-state index contributed by atoms with van der Waals surface area (Å²) in [6.45, 7) is 0. The van der Waals surface area contributed by atoms with Crippen LogP contribution in [-0.4, -0.2) is 17.0 Å². The van der Waals surface area contributed by atoms with Gasteiger partial charge in [-0.1, -0.05) is 18.6 Å². The fraction of sp³-hybridized carbons (Fsp3) is 0.556. The van der Waals surface area contributed by atoms with Gasteiger partial charge in [0.15, 0.2) is 5.41 Å². The summed E-state index contributed by atoms with van der Waals surface area (Å²) < 4.78 is 0. The highest BCUT2D eigenvalue weighted by Crippen LogP contribution is 2.30. The molecule has 1 amide bonds. The molecule has 13 heavy (non-hydrogen) atoms. The molecule has 0 saturated carbocycles. The number of primary amides is 1. The van der Waals surface area contributed by atoms with Crippen molar-refractivity contribution in [3.05, 3.63) is 12.2 Å². The van der Waals surface area contributed by atoms with E-state index < -0.39 is 17.3 Å². The largest absolute Gasteiger partial charge is 0.480 e. The Morgan fingerprint density at radius 2 is 2.08 bits per heavy atom. The van der Waals surface area contributed by atoms with Gasteiger partial charge < -0.3 is 10.8 Å². The Balaban J connectivity index is 3.00. The van der Waals surface area contributed by atoms with Crippen LogP contribution < -0.4 is 5.73 Å². The monoisotopic (exact) mass is 183 g/mol. The highest BCUT2D eigenvalue weighted by molar-refractivity contribution is 6.03. The van der Waals surface area contributed by atoms with Crippen molar-refractivity contribution in [2.45, 2.75) is 25.7 Å². The predicted octanol–water partition coefficient (Wildman–Crippen LogP) is 0.673. The van der Waals surface area contributed by atoms with E-state index in [0.29, 0.717) is 6.42 Å². The van der Waals surface area contributed by atoms with Crippen LogP contribution >= 0.6 is 0 Å². The zero-order valence-corrected chi connectivity index (χ0v) is 7.32. The molecule has 0 heterocycles. The number of amides is 1. The van der Waals surface area contributed by atoms with Crippen molar-refractivity contribution in [3.63, 3.8) is 0 Å². The van der Waals surface area contributed by atoms with E-state index in [1.807, 2.05) is 0 Å². The number of nitrogens with two attached hydrogens (primary N) is 1. The Kier molecular flexibility index (Phi) is 2.70. The summed E-state index contributed by atoms with van der Waals surface area (Å²) in [6, 6.07) is 0. The van der Waals surface area contributed by atoms with E-state index in [-0.39, 0.29) is 0 Å². The summed E-state index contributed by atoms with van der Waals surface area (Å²) in [6.07, 6.45) is 5.94. The van der Waals surface area contributed by atoms with Crippen molar-refractivity contribution < 1.29 is 14.7 Å². The summed E-state index contributed by atoms with van der Waals surface area (Å²) in [7, 11) is 0. The first-order valence-corrected chi connectivity index (χ1v) is 4.30. The van der Waals surface area contributed by atoms with Crippen LogP contribution in [0.1, 0.15) is 25.7 Å². The van der Waals surface area contributed by atoms with Gasteiger partial charge in [0.2, 0.25) is 5.91 Å². The second kappa shape index (κ2) is 3.60. The highest BCUT2D eigenvalue weighted by Gasteiger charge is 2.42. The van der Waals surface area contributed by atoms with E-state index in [2.05, 4.69) is 0 Å². The van der Waals surface area contributed by atoms with Crippen molar-refractivity contribution in [1.29, 1.82) is 0 Å². The number of rotatable bonds is 2. The topological polar surface area (TPSA) is 80.4 Å². The van der Waals surface area contributed by atoms with Crippen molar-refractivity contribution in [3.8, 4) is 0 Å². The second-order valence-corrected chi connectivity index (χ2v) is 3.29. The third kappa shape index (κ3) is 1.71. The fourth-order valence-electron chi connectivity index (χ4n) is 1.52. The quantitative estimate of drug-likeness (QED) is 0.487. The van der Waals surface area contributed by atoms with E-state index in [4.69, 9.17) is 10.8 Å². The van der Waals surface area contributed by atoms with Gasteiger partial charge in [-0.25, -0.2) is 0 Å². The lowest BCUT2D eigenvalue weighted by atomic mass is 9.83. The zero-order chi connectivity index (χ0) is 9.90. The molecule has 0 bridgehead atoms. The third-order valence-corrected chi connectivity index (χ3v) is 2.42. The molecule has 4 nitrogen and oxygen atoms in total. The molecule has 0 fully saturated rings. The average Bonchev–Trinajstić information content (AvgIpc) is 2.28. The van der Waals surface area contributed by atoms with Crippen LogP contribution in [0.15, 0.2) is 12.2 Å². The maximum absolute atomic E-state index is 11.1. The molecule has 0 aromatic heterocycles. The van der Waals surface area contributed by atoms with Gasteiger partial charge in [-0.2, -0.15) is 0 Å². The molecular formula is C9H13NO3. The van der Waals surface area contributed by atoms with E-state index >= 15 is 0 Å². The molecule has 0 aromatic carbocycles. The summed E-state index contributed by atoms with van der Waals surface area (Å²) in [4.78, 5) is 22.0. The standard InChI is InChI=1S/C9H13NO3/c10-7(11)9(8(12)13)5-3-1-2-4-6-9/h3,5H,1-2,4,6H2,(H2,10,11)(H,12,13). The SMILES string of the molecule is NC(=O)C1(C(=O)O)C=CCCCC1. The maximum atomic E-state index is 11.1. The number of carbonyl (C=O) groups is 2. The van der Waals surface area contributed by atoms with Crippen LogP contribution in [-0.2, 0) is 9.59 Å². The summed E-state index contributed by atoms with van der Waals surface area (Å²) in [5, 5.41) is 8.93. The minimum absolute atomic E-state index is 0.314. The number of carboxylic acid groups (broad SMARTS) is 1. The number of hydrogen-bond acceptors (Lipinski definition) is 2. The third-order valence-electron chi connectivity index (χ3n) is 2.42. The molecule has 3 N–H and O–H groups in total. The number of aliphatic carboxylic acids is 1. The van der Waals surface area contributed by atoms with Crippen molar-refractivity contribution >= 4 is 11.9 Å². The first-order valence-electron chi connectivity index (χ1n) is 4.30. The molecular weight excluding hydrogens is 170 g/mol. The smallest absolute Gasteiger partial charge is 0.323 e. The lowest BCUT2D eigenvalue weighted by molar-refractivity contribution is -0.151. The van der Waals surface area contributed by atoms with E-state index in [9.17, 15) is 9.59 Å². The molecule has 0 aliphatic heterocycles. The van der Waals surface area contributed by atoms with Crippen molar-refractivity contribution in [1.82, 2.24) is 0 Å². The number of hydrogen-bond donors (Lipinski definition) is 2. The zero-order valence-electron chi connectivity index (χ0n) is 7.32. The van der Waals surface area contributed by atoms with Crippen LogP contribution in [0.4, 0.5) is 0 Å². The Morgan fingerprint density at radius 1 is 1.38 bits per heavy atom. The Bertz CT molecular complexity index is 244. The first-order chi connectivity index (χ1) is 6.09. The van der Waals surface area contributed by atoms with Crippen LogP contribution in [0.5, 0.6) is 0 Å². The van der Waals surface area contributed by atoms with Gasteiger partial charge >= 0.3 is 5.97 Å². The van der Waals surface area contributed by atoms with Gasteiger partial charge in [0.05, 0.1) is 0 Å². The molecule has 1 atom stereocenters. The predicted molar refractivity (Wildman–Crippen MR) is 46.9 cm³/mol. The molecule has 4 heteroatoms. The Hall–Kier alpha value is -1.32. The molecule has 1 unspecified atom stereocenters. The van der Waals surface area contributed by atoms with Crippen LogP contribution in [0.2, 0.25) is 0 Å². The lowest BCUT2D eigenvalue weighted by Gasteiger charge is -2.20. The van der Waals surface area contributed by atoms with Crippen molar-refractivity contribution in [2.24, 2.45) is 11.1 Å². The van der Waals surface area contributed by atoms with Gasteiger partial charge in [-0.3, -0.25) is 9.59 Å². The maximum Gasteiger partial charge on any atom is 0.323 e.